The van der Waals surface area contributed by atoms with E-state index in [1.54, 1.807) is 0 Å². The van der Waals surface area contributed by atoms with Crippen molar-refractivity contribution in [1.29, 1.82) is 0 Å². The average molecular weight is 312 g/mol. The normalized spacial score (nSPS) is 10.3. The van der Waals surface area contributed by atoms with Crippen molar-refractivity contribution >= 4 is 17.3 Å². The van der Waals surface area contributed by atoms with Gasteiger partial charge in [0, 0.05) is 24.5 Å². The number of amides is 1. The molecule has 2 rings (SSSR count). The van der Waals surface area contributed by atoms with Gasteiger partial charge in [0.05, 0.1) is 6.61 Å². The lowest BCUT2D eigenvalue weighted by Crippen LogP contribution is -2.22. The molecule has 0 fully saturated rings. The zero-order valence-electron chi connectivity index (χ0n) is 13.8. The maximum absolute atomic E-state index is 11.9. The number of carbonyl (C=O) groups excluding carboxylic acids is 1. The Hall–Kier alpha value is -2.33. The monoisotopic (exact) mass is 312 g/mol. The molecule has 1 N–H and O–H groups in total. The number of rotatable bonds is 8. The van der Waals surface area contributed by atoms with Crippen LogP contribution in [-0.4, -0.2) is 25.6 Å². The molecule has 0 saturated carbocycles. The summed E-state index contributed by atoms with van der Waals surface area (Å²) in [5, 5.41) is 2.85. The molecule has 0 spiro atoms. The van der Waals surface area contributed by atoms with Crippen LogP contribution in [0.3, 0.4) is 0 Å². The summed E-state index contributed by atoms with van der Waals surface area (Å²) in [6.07, 6.45) is 0. The number of nitrogens with one attached hydrogen (secondary N) is 1. The van der Waals surface area contributed by atoms with Crippen LogP contribution < -0.4 is 10.2 Å². The van der Waals surface area contributed by atoms with Gasteiger partial charge in [0.15, 0.2) is 0 Å². The van der Waals surface area contributed by atoms with E-state index in [-0.39, 0.29) is 12.5 Å². The van der Waals surface area contributed by atoms with Crippen molar-refractivity contribution in [3.05, 3.63) is 60.2 Å². The summed E-state index contributed by atoms with van der Waals surface area (Å²) in [6, 6.07) is 17.7. The number of carbonyl (C=O) groups is 1. The Labute approximate surface area is 138 Å². The molecule has 2 aromatic carbocycles. The molecular formula is C19H24N2O2. The van der Waals surface area contributed by atoms with Crippen LogP contribution in [0.5, 0.6) is 0 Å². The van der Waals surface area contributed by atoms with Gasteiger partial charge in [0.2, 0.25) is 5.91 Å². The highest BCUT2D eigenvalue weighted by Gasteiger charge is 2.05. The molecule has 0 radical (unpaired) electrons. The Morgan fingerprint density at radius 2 is 1.65 bits per heavy atom. The molecule has 1 amide bonds. The van der Waals surface area contributed by atoms with E-state index in [1.807, 2.05) is 54.6 Å². The molecule has 0 saturated heterocycles. The Balaban J connectivity index is 1.78. The van der Waals surface area contributed by atoms with E-state index >= 15 is 0 Å². The first-order chi connectivity index (χ1) is 11.2. The van der Waals surface area contributed by atoms with Crippen molar-refractivity contribution in [1.82, 2.24) is 0 Å². The standard InChI is InChI=1S/C19H24N2O2/c1-3-21(4-2)18-12-10-17(11-13-18)20-19(22)15-23-14-16-8-6-5-7-9-16/h5-13H,3-4,14-15H2,1-2H3,(H,20,22). The second-order valence-electron chi connectivity index (χ2n) is 5.25. The number of hydrogen-bond donors (Lipinski definition) is 1. The first-order valence-electron chi connectivity index (χ1n) is 7.99. The van der Waals surface area contributed by atoms with Crippen LogP contribution in [-0.2, 0) is 16.1 Å². The summed E-state index contributed by atoms with van der Waals surface area (Å²) in [6.45, 7) is 6.68. The number of anilines is 2. The molecule has 0 aliphatic carbocycles. The van der Waals surface area contributed by atoms with E-state index in [1.165, 1.54) is 0 Å². The molecule has 0 aliphatic rings. The number of ether oxygens (including phenoxy) is 1. The van der Waals surface area contributed by atoms with E-state index in [0.717, 1.165) is 30.0 Å². The van der Waals surface area contributed by atoms with Crippen molar-refractivity contribution in [2.75, 3.05) is 29.9 Å². The van der Waals surface area contributed by atoms with Crippen molar-refractivity contribution < 1.29 is 9.53 Å². The molecule has 23 heavy (non-hydrogen) atoms. The topological polar surface area (TPSA) is 41.6 Å². The summed E-state index contributed by atoms with van der Waals surface area (Å²) in [5.74, 6) is -0.142. The van der Waals surface area contributed by atoms with Gasteiger partial charge in [-0.25, -0.2) is 0 Å². The van der Waals surface area contributed by atoms with Crippen LogP contribution in [0.15, 0.2) is 54.6 Å². The third kappa shape index (κ3) is 5.42. The molecule has 4 heteroatoms. The lowest BCUT2D eigenvalue weighted by Gasteiger charge is -2.21. The molecule has 4 nitrogen and oxygen atoms in total. The van der Waals surface area contributed by atoms with Crippen LogP contribution in [0.25, 0.3) is 0 Å². The molecule has 0 heterocycles. The minimum Gasteiger partial charge on any atom is -0.372 e. The fourth-order valence-electron chi connectivity index (χ4n) is 2.38. The highest BCUT2D eigenvalue weighted by atomic mass is 16.5. The number of hydrogen-bond acceptors (Lipinski definition) is 3. The van der Waals surface area contributed by atoms with Crippen molar-refractivity contribution in [3.8, 4) is 0 Å². The minimum atomic E-state index is -0.142. The van der Waals surface area contributed by atoms with Gasteiger partial charge in [0.1, 0.15) is 6.61 Å². The summed E-state index contributed by atoms with van der Waals surface area (Å²) < 4.78 is 5.43. The molecule has 0 atom stereocenters. The van der Waals surface area contributed by atoms with Crippen LogP contribution in [0.1, 0.15) is 19.4 Å². The molecule has 0 bridgehead atoms. The van der Waals surface area contributed by atoms with E-state index < -0.39 is 0 Å². The summed E-state index contributed by atoms with van der Waals surface area (Å²) in [4.78, 5) is 14.1. The minimum absolute atomic E-state index is 0.0483. The SMILES string of the molecule is CCN(CC)c1ccc(NC(=O)COCc2ccccc2)cc1. The summed E-state index contributed by atoms with van der Waals surface area (Å²) in [7, 11) is 0. The smallest absolute Gasteiger partial charge is 0.250 e. The number of benzene rings is 2. The zero-order valence-corrected chi connectivity index (χ0v) is 13.8. The zero-order chi connectivity index (χ0) is 16.5. The van der Waals surface area contributed by atoms with Gasteiger partial charge >= 0.3 is 0 Å². The van der Waals surface area contributed by atoms with Crippen LogP contribution in [0.4, 0.5) is 11.4 Å². The fourth-order valence-corrected chi connectivity index (χ4v) is 2.38. The Kier molecular flexibility index (Phi) is 6.63. The average Bonchev–Trinajstić information content (AvgIpc) is 2.58. The maximum atomic E-state index is 11.9. The van der Waals surface area contributed by atoms with E-state index in [9.17, 15) is 4.79 Å². The molecular weight excluding hydrogens is 288 g/mol. The number of nitrogens with zero attached hydrogens (tertiary/aromatic N) is 1. The third-order valence-electron chi connectivity index (χ3n) is 3.62. The first-order valence-corrected chi connectivity index (χ1v) is 7.99. The van der Waals surface area contributed by atoms with E-state index in [0.29, 0.717) is 6.61 Å². The quantitative estimate of drug-likeness (QED) is 0.808. The fraction of sp³-hybridized carbons (Fsp3) is 0.316. The highest BCUT2D eigenvalue weighted by molar-refractivity contribution is 5.91. The lowest BCUT2D eigenvalue weighted by molar-refractivity contribution is -0.121. The molecule has 0 aliphatic heterocycles. The molecule has 0 unspecified atom stereocenters. The Morgan fingerprint density at radius 3 is 2.26 bits per heavy atom. The second kappa shape index (κ2) is 8.96. The predicted octanol–water partition coefficient (Wildman–Crippen LogP) is 3.69. The first kappa shape index (κ1) is 17.0. The summed E-state index contributed by atoms with van der Waals surface area (Å²) in [5.41, 5.74) is 3.01. The van der Waals surface area contributed by atoms with Crippen molar-refractivity contribution in [2.45, 2.75) is 20.5 Å². The Bertz CT molecular complexity index is 593. The van der Waals surface area contributed by atoms with Gasteiger partial charge in [-0.2, -0.15) is 0 Å². The van der Waals surface area contributed by atoms with Crippen LogP contribution >= 0.6 is 0 Å². The van der Waals surface area contributed by atoms with Crippen molar-refractivity contribution in [2.24, 2.45) is 0 Å². The van der Waals surface area contributed by atoms with Gasteiger partial charge < -0.3 is 15.0 Å². The van der Waals surface area contributed by atoms with Gasteiger partial charge in [-0.1, -0.05) is 30.3 Å². The van der Waals surface area contributed by atoms with Gasteiger partial charge in [0.25, 0.3) is 0 Å². The summed E-state index contributed by atoms with van der Waals surface area (Å²) >= 11 is 0. The lowest BCUT2D eigenvalue weighted by atomic mass is 10.2. The van der Waals surface area contributed by atoms with Gasteiger partial charge in [-0.15, -0.1) is 0 Å². The molecule has 2 aromatic rings. The van der Waals surface area contributed by atoms with Crippen molar-refractivity contribution in [3.63, 3.8) is 0 Å². The molecule has 122 valence electrons. The Morgan fingerprint density at radius 1 is 1.00 bits per heavy atom. The third-order valence-corrected chi connectivity index (χ3v) is 3.62. The predicted molar refractivity (Wildman–Crippen MR) is 94.7 cm³/mol. The second-order valence-corrected chi connectivity index (χ2v) is 5.25. The maximum Gasteiger partial charge on any atom is 0.250 e. The van der Waals surface area contributed by atoms with Gasteiger partial charge in [-0.05, 0) is 43.7 Å². The van der Waals surface area contributed by atoms with Gasteiger partial charge in [-0.3, -0.25) is 4.79 Å². The molecule has 0 aromatic heterocycles. The van der Waals surface area contributed by atoms with Crippen LogP contribution in [0, 0.1) is 0 Å². The largest absolute Gasteiger partial charge is 0.372 e. The highest BCUT2D eigenvalue weighted by Crippen LogP contribution is 2.17. The van der Waals surface area contributed by atoms with E-state index in [4.69, 9.17) is 4.74 Å². The van der Waals surface area contributed by atoms with E-state index in [2.05, 4.69) is 24.1 Å². The van der Waals surface area contributed by atoms with Crippen LogP contribution in [0.2, 0.25) is 0 Å².